The van der Waals surface area contributed by atoms with Crippen molar-refractivity contribution in [3.05, 3.63) is 18.7 Å². The fourth-order valence-corrected chi connectivity index (χ4v) is 0.814. The van der Waals surface area contributed by atoms with Crippen molar-refractivity contribution in [1.82, 2.24) is 20.0 Å². The average Bonchev–Trinajstić information content (AvgIpc) is 2.55. The van der Waals surface area contributed by atoms with Gasteiger partial charge in [-0.25, -0.2) is 0 Å². The summed E-state index contributed by atoms with van der Waals surface area (Å²) in [5.41, 5.74) is 0.699. The van der Waals surface area contributed by atoms with Crippen molar-refractivity contribution in [3.63, 3.8) is 0 Å². The van der Waals surface area contributed by atoms with E-state index in [9.17, 15) is 0 Å². The molecule has 0 atom stereocenters. The standard InChI is InChI=1S/C6H6N4O/c1-10-3-2-5(9-10)6-8-7-4-11-6/h2-4H,1H3. The summed E-state index contributed by atoms with van der Waals surface area (Å²) in [6, 6.07) is 1.81. The zero-order chi connectivity index (χ0) is 7.68. The Bertz CT molecular complexity index is 337. The molecule has 0 spiro atoms. The third-order valence-electron chi connectivity index (χ3n) is 1.29. The molecular weight excluding hydrogens is 144 g/mol. The van der Waals surface area contributed by atoms with Crippen LogP contribution in [0.2, 0.25) is 0 Å². The number of nitrogens with zero attached hydrogens (tertiary/aromatic N) is 4. The molecule has 5 nitrogen and oxygen atoms in total. The van der Waals surface area contributed by atoms with Crippen LogP contribution in [0.4, 0.5) is 0 Å². The van der Waals surface area contributed by atoms with Crippen LogP contribution in [-0.4, -0.2) is 20.0 Å². The Kier molecular flexibility index (Phi) is 1.21. The van der Waals surface area contributed by atoms with E-state index < -0.39 is 0 Å². The Morgan fingerprint density at radius 1 is 1.55 bits per heavy atom. The second kappa shape index (κ2) is 2.19. The van der Waals surface area contributed by atoms with Gasteiger partial charge in [-0.15, -0.1) is 10.2 Å². The van der Waals surface area contributed by atoms with Gasteiger partial charge in [0.15, 0.2) is 0 Å². The highest BCUT2D eigenvalue weighted by atomic mass is 16.4. The normalized spacial score (nSPS) is 10.3. The van der Waals surface area contributed by atoms with Crippen molar-refractivity contribution in [2.24, 2.45) is 7.05 Å². The molecule has 0 aliphatic rings. The first-order valence-electron chi connectivity index (χ1n) is 3.12. The molecule has 0 radical (unpaired) electrons. The van der Waals surface area contributed by atoms with Crippen molar-refractivity contribution in [2.45, 2.75) is 0 Å². The van der Waals surface area contributed by atoms with Gasteiger partial charge in [0.2, 0.25) is 6.39 Å². The maximum Gasteiger partial charge on any atom is 0.267 e. The van der Waals surface area contributed by atoms with E-state index in [0.29, 0.717) is 11.6 Å². The van der Waals surface area contributed by atoms with E-state index in [1.165, 1.54) is 6.39 Å². The number of hydrogen-bond acceptors (Lipinski definition) is 4. The third-order valence-corrected chi connectivity index (χ3v) is 1.29. The first kappa shape index (κ1) is 6.09. The van der Waals surface area contributed by atoms with Crippen molar-refractivity contribution in [2.75, 3.05) is 0 Å². The van der Waals surface area contributed by atoms with Gasteiger partial charge < -0.3 is 4.42 Å². The summed E-state index contributed by atoms with van der Waals surface area (Å²) in [6.07, 6.45) is 3.10. The largest absolute Gasteiger partial charge is 0.422 e. The van der Waals surface area contributed by atoms with Crippen LogP contribution in [0.25, 0.3) is 11.6 Å². The summed E-state index contributed by atoms with van der Waals surface area (Å²) in [7, 11) is 1.83. The highest BCUT2D eigenvalue weighted by Crippen LogP contribution is 2.11. The number of hydrogen-bond donors (Lipinski definition) is 0. The molecular formula is C6H6N4O. The minimum absolute atomic E-state index is 0.450. The van der Waals surface area contributed by atoms with Crippen LogP contribution in [0.1, 0.15) is 0 Å². The molecule has 0 saturated carbocycles. The van der Waals surface area contributed by atoms with Crippen LogP contribution < -0.4 is 0 Å². The van der Waals surface area contributed by atoms with Gasteiger partial charge in [-0.05, 0) is 6.07 Å². The summed E-state index contributed by atoms with van der Waals surface area (Å²) < 4.78 is 6.61. The molecule has 2 aromatic heterocycles. The minimum atomic E-state index is 0.450. The van der Waals surface area contributed by atoms with Crippen LogP contribution in [0, 0.1) is 0 Å². The Morgan fingerprint density at radius 3 is 3.00 bits per heavy atom. The Morgan fingerprint density at radius 2 is 2.45 bits per heavy atom. The Balaban J connectivity index is 2.45. The van der Waals surface area contributed by atoms with Crippen molar-refractivity contribution in [3.8, 4) is 11.6 Å². The predicted octanol–water partition coefficient (Wildman–Crippen LogP) is 0.470. The van der Waals surface area contributed by atoms with E-state index in [1.54, 1.807) is 4.68 Å². The quantitative estimate of drug-likeness (QED) is 0.593. The zero-order valence-electron chi connectivity index (χ0n) is 5.93. The summed E-state index contributed by atoms with van der Waals surface area (Å²) in [5, 5.41) is 11.3. The van der Waals surface area contributed by atoms with Crippen molar-refractivity contribution >= 4 is 0 Å². The number of aryl methyl sites for hydroxylation is 1. The second-order valence-corrected chi connectivity index (χ2v) is 2.12. The first-order chi connectivity index (χ1) is 5.36. The predicted molar refractivity (Wildman–Crippen MR) is 36.5 cm³/mol. The van der Waals surface area contributed by atoms with Crippen LogP contribution in [0.5, 0.6) is 0 Å². The molecule has 0 saturated heterocycles. The summed E-state index contributed by atoms with van der Waals surface area (Å²) in [4.78, 5) is 0. The summed E-state index contributed by atoms with van der Waals surface area (Å²) in [5.74, 6) is 0.450. The highest BCUT2D eigenvalue weighted by Gasteiger charge is 2.04. The SMILES string of the molecule is Cn1ccc(-c2nnco2)n1. The van der Waals surface area contributed by atoms with Gasteiger partial charge in [0, 0.05) is 13.2 Å². The van der Waals surface area contributed by atoms with Crippen molar-refractivity contribution < 1.29 is 4.42 Å². The molecule has 0 fully saturated rings. The fraction of sp³-hybridized carbons (Fsp3) is 0.167. The van der Waals surface area contributed by atoms with Crippen LogP contribution in [0.3, 0.4) is 0 Å². The van der Waals surface area contributed by atoms with E-state index >= 15 is 0 Å². The lowest BCUT2D eigenvalue weighted by Gasteiger charge is -1.84. The molecule has 0 aliphatic carbocycles. The maximum absolute atomic E-state index is 4.93. The van der Waals surface area contributed by atoms with Gasteiger partial charge in [-0.1, -0.05) is 0 Å². The maximum atomic E-state index is 4.93. The van der Waals surface area contributed by atoms with Crippen LogP contribution >= 0.6 is 0 Å². The number of rotatable bonds is 1. The Labute approximate surface area is 62.7 Å². The van der Waals surface area contributed by atoms with Gasteiger partial charge in [-0.3, -0.25) is 4.68 Å². The smallest absolute Gasteiger partial charge is 0.267 e. The lowest BCUT2D eigenvalue weighted by Crippen LogP contribution is -1.87. The molecule has 0 N–H and O–H groups in total. The molecule has 2 rings (SSSR count). The third kappa shape index (κ3) is 1.000. The summed E-state index contributed by atoms with van der Waals surface area (Å²) in [6.45, 7) is 0. The van der Waals surface area contributed by atoms with Gasteiger partial charge in [0.1, 0.15) is 5.69 Å². The van der Waals surface area contributed by atoms with Gasteiger partial charge in [-0.2, -0.15) is 5.10 Å². The molecule has 2 heterocycles. The molecule has 0 bridgehead atoms. The Hall–Kier alpha value is -1.65. The average molecular weight is 150 g/mol. The zero-order valence-corrected chi connectivity index (χ0v) is 5.93. The number of aromatic nitrogens is 4. The molecule has 11 heavy (non-hydrogen) atoms. The molecule has 0 aromatic carbocycles. The van der Waals surface area contributed by atoms with E-state index in [0.717, 1.165) is 0 Å². The molecule has 5 heteroatoms. The minimum Gasteiger partial charge on any atom is -0.422 e. The molecule has 56 valence electrons. The lowest BCUT2D eigenvalue weighted by molar-refractivity contribution is 0.564. The van der Waals surface area contributed by atoms with Gasteiger partial charge in [0.05, 0.1) is 0 Å². The van der Waals surface area contributed by atoms with E-state index in [4.69, 9.17) is 4.42 Å². The fourth-order valence-electron chi connectivity index (χ4n) is 0.814. The van der Waals surface area contributed by atoms with E-state index in [1.807, 2.05) is 19.3 Å². The molecule has 0 amide bonds. The highest BCUT2D eigenvalue weighted by molar-refractivity contribution is 5.43. The molecule has 2 aromatic rings. The molecule has 0 unspecified atom stereocenters. The van der Waals surface area contributed by atoms with Crippen molar-refractivity contribution in [1.29, 1.82) is 0 Å². The first-order valence-corrected chi connectivity index (χ1v) is 3.12. The van der Waals surface area contributed by atoms with E-state index in [-0.39, 0.29) is 0 Å². The molecule has 0 aliphatic heterocycles. The van der Waals surface area contributed by atoms with E-state index in [2.05, 4.69) is 15.3 Å². The summed E-state index contributed by atoms with van der Waals surface area (Å²) >= 11 is 0. The van der Waals surface area contributed by atoms with Crippen LogP contribution in [0.15, 0.2) is 23.1 Å². The van der Waals surface area contributed by atoms with Crippen LogP contribution in [-0.2, 0) is 7.05 Å². The lowest BCUT2D eigenvalue weighted by atomic mass is 10.4. The van der Waals surface area contributed by atoms with Gasteiger partial charge >= 0.3 is 0 Å². The topological polar surface area (TPSA) is 56.7 Å². The van der Waals surface area contributed by atoms with Gasteiger partial charge in [0.25, 0.3) is 5.89 Å². The second-order valence-electron chi connectivity index (χ2n) is 2.12. The monoisotopic (exact) mass is 150 g/mol.